The van der Waals surface area contributed by atoms with Gasteiger partial charge in [-0.15, -0.1) is 11.3 Å². The molecule has 0 saturated carbocycles. The summed E-state index contributed by atoms with van der Waals surface area (Å²) in [5, 5.41) is 5.96. The Morgan fingerprint density at radius 3 is 2.41 bits per heavy atom. The predicted molar refractivity (Wildman–Crippen MR) is 116 cm³/mol. The van der Waals surface area contributed by atoms with Crippen molar-refractivity contribution in [1.82, 2.24) is 24.6 Å². The van der Waals surface area contributed by atoms with Crippen molar-refractivity contribution < 1.29 is 0 Å². The highest BCUT2D eigenvalue weighted by Gasteiger charge is 2.21. The lowest BCUT2D eigenvalue weighted by molar-refractivity contribution is 0.122. The minimum atomic E-state index is 0.0667. The summed E-state index contributed by atoms with van der Waals surface area (Å²) in [6, 6.07) is 1.83. The molecule has 156 valence electrons. The second-order valence-electron chi connectivity index (χ2n) is 8.69. The number of rotatable bonds is 5. The molecule has 29 heavy (non-hydrogen) atoms. The monoisotopic (exact) mass is 413 g/mol. The van der Waals surface area contributed by atoms with E-state index in [0.29, 0.717) is 6.54 Å². The van der Waals surface area contributed by atoms with E-state index in [0.717, 1.165) is 57.8 Å². The number of nitrogens with zero attached hydrogens (tertiary/aromatic N) is 5. The van der Waals surface area contributed by atoms with E-state index in [-0.39, 0.29) is 5.56 Å². The van der Waals surface area contributed by atoms with E-state index in [2.05, 4.69) is 14.9 Å². The van der Waals surface area contributed by atoms with Gasteiger partial charge in [0.05, 0.1) is 24.5 Å². The van der Waals surface area contributed by atoms with Gasteiger partial charge in [0.15, 0.2) is 0 Å². The molecule has 0 N–H and O–H groups in total. The number of fused-ring (bicyclic) bond motifs is 2. The highest BCUT2D eigenvalue weighted by Crippen LogP contribution is 2.27. The van der Waals surface area contributed by atoms with E-state index >= 15 is 0 Å². The topological polar surface area (TPSA) is 54.3 Å². The Bertz CT molecular complexity index is 889. The van der Waals surface area contributed by atoms with E-state index < -0.39 is 0 Å². The molecule has 1 fully saturated rings. The zero-order valence-electron chi connectivity index (χ0n) is 17.2. The second-order valence-corrected chi connectivity index (χ2v) is 9.86. The molecule has 1 aliphatic heterocycles. The summed E-state index contributed by atoms with van der Waals surface area (Å²) in [6.45, 7) is 6.89. The zero-order chi connectivity index (χ0) is 19.6. The fourth-order valence-electron chi connectivity index (χ4n) is 4.83. The minimum Gasteiger partial charge on any atom is -0.299 e. The van der Waals surface area contributed by atoms with Crippen molar-refractivity contribution in [2.75, 3.05) is 32.7 Å². The molecule has 0 radical (unpaired) electrons. The van der Waals surface area contributed by atoms with Crippen molar-refractivity contribution in [3.63, 3.8) is 0 Å². The van der Waals surface area contributed by atoms with Gasteiger partial charge in [-0.2, -0.15) is 5.10 Å². The lowest BCUT2D eigenvalue weighted by Gasteiger charge is -2.34. The average Bonchev–Trinajstić information content (AvgIpc) is 3.15. The quantitative estimate of drug-likeness (QED) is 0.753. The summed E-state index contributed by atoms with van der Waals surface area (Å²) in [5.74, 6) is 0. The van der Waals surface area contributed by atoms with Crippen LogP contribution in [0.15, 0.2) is 10.9 Å². The highest BCUT2D eigenvalue weighted by molar-refractivity contribution is 7.11. The van der Waals surface area contributed by atoms with Gasteiger partial charge in [0.2, 0.25) is 0 Å². The van der Waals surface area contributed by atoms with Gasteiger partial charge >= 0.3 is 0 Å². The summed E-state index contributed by atoms with van der Waals surface area (Å²) in [7, 11) is 0. The number of piperazine rings is 1. The highest BCUT2D eigenvalue weighted by atomic mass is 32.1. The first kappa shape index (κ1) is 19.4. The van der Waals surface area contributed by atoms with E-state index in [1.165, 1.54) is 59.7 Å². The Labute approximate surface area is 176 Å². The van der Waals surface area contributed by atoms with Crippen molar-refractivity contribution in [1.29, 1.82) is 0 Å². The average molecular weight is 414 g/mol. The molecule has 3 aliphatic rings. The van der Waals surface area contributed by atoms with Crippen LogP contribution >= 0.6 is 11.3 Å². The largest absolute Gasteiger partial charge is 0.299 e. The Balaban J connectivity index is 1.12. The molecule has 0 atom stereocenters. The number of hydrogen-bond acceptors (Lipinski definition) is 6. The van der Waals surface area contributed by atoms with Crippen molar-refractivity contribution in [2.45, 2.75) is 64.5 Å². The minimum absolute atomic E-state index is 0.0667. The van der Waals surface area contributed by atoms with E-state index in [1.54, 1.807) is 4.68 Å². The molecule has 0 spiro atoms. The molecule has 2 aliphatic carbocycles. The van der Waals surface area contributed by atoms with Crippen LogP contribution in [0.2, 0.25) is 0 Å². The zero-order valence-corrected chi connectivity index (χ0v) is 18.1. The van der Waals surface area contributed by atoms with E-state index in [4.69, 9.17) is 4.98 Å². The normalized spacial score (nSPS) is 20.4. The van der Waals surface area contributed by atoms with Crippen LogP contribution in [0.3, 0.4) is 0 Å². The first-order valence-electron chi connectivity index (χ1n) is 11.3. The number of aromatic nitrogens is 3. The van der Waals surface area contributed by atoms with Gasteiger partial charge in [-0.25, -0.2) is 9.67 Å². The van der Waals surface area contributed by atoms with Crippen LogP contribution in [0.1, 0.15) is 52.5 Å². The van der Waals surface area contributed by atoms with Crippen LogP contribution in [0.25, 0.3) is 0 Å². The van der Waals surface area contributed by atoms with Crippen LogP contribution < -0.4 is 5.56 Å². The van der Waals surface area contributed by atoms with Crippen LogP contribution in [-0.4, -0.2) is 57.3 Å². The second kappa shape index (κ2) is 8.66. The Morgan fingerprint density at radius 2 is 1.59 bits per heavy atom. The fourth-order valence-corrected chi connectivity index (χ4v) is 6.03. The van der Waals surface area contributed by atoms with Crippen molar-refractivity contribution in [3.05, 3.63) is 43.3 Å². The maximum absolute atomic E-state index is 12.4. The smallest absolute Gasteiger partial charge is 0.267 e. The number of hydrogen-bond donors (Lipinski definition) is 0. The molecular formula is C22H31N5OS. The third-order valence-corrected chi connectivity index (χ3v) is 7.76. The van der Waals surface area contributed by atoms with Gasteiger partial charge in [-0.3, -0.25) is 14.6 Å². The fraction of sp³-hybridized carbons (Fsp3) is 0.682. The summed E-state index contributed by atoms with van der Waals surface area (Å²) in [5.41, 5.74) is 3.76. The molecule has 3 heterocycles. The van der Waals surface area contributed by atoms with Gasteiger partial charge < -0.3 is 0 Å². The lowest BCUT2D eigenvalue weighted by atomic mass is 9.97. The maximum Gasteiger partial charge on any atom is 0.267 e. The number of aryl methyl sites for hydroxylation is 4. The lowest BCUT2D eigenvalue weighted by Crippen LogP contribution is -2.47. The SMILES string of the molecule is O=c1cc2c(nn1CCN1CCN(Cc3nc4c(s3)CCCC4)CC1)CCCC2. The summed E-state index contributed by atoms with van der Waals surface area (Å²) >= 11 is 1.94. The molecule has 0 bridgehead atoms. The van der Waals surface area contributed by atoms with Gasteiger partial charge in [0.1, 0.15) is 5.01 Å². The summed E-state index contributed by atoms with van der Waals surface area (Å²) in [4.78, 5) is 23.8. The first-order chi connectivity index (χ1) is 14.2. The molecule has 0 aromatic carbocycles. The molecule has 5 rings (SSSR count). The Hall–Kier alpha value is -1.57. The summed E-state index contributed by atoms with van der Waals surface area (Å²) < 4.78 is 1.69. The van der Waals surface area contributed by atoms with Crippen molar-refractivity contribution in [2.24, 2.45) is 0 Å². The van der Waals surface area contributed by atoms with Gasteiger partial charge in [-0.05, 0) is 56.9 Å². The standard InChI is InChI=1S/C22H31N5OS/c28-22-15-17-5-1-2-6-18(17)24-27(22)14-13-25-9-11-26(12-10-25)16-21-23-19-7-3-4-8-20(19)29-21/h15H,1-14,16H2. The van der Waals surface area contributed by atoms with Crippen molar-refractivity contribution in [3.8, 4) is 0 Å². The maximum atomic E-state index is 12.4. The third kappa shape index (κ3) is 4.47. The molecule has 2 aromatic heterocycles. The van der Waals surface area contributed by atoms with Gasteiger partial charge in [-0.1, -0.05) is 0 Å². The van der Waals surface area contributed by atoms with Crippen LogP contribution in [-0.2, 0) is 38.8 Å². The predicted octanol–water partition coefficient (Wildman–Crippen LogP) is 2.28. The van der Waals surface area contributed by atoms with Crippen molar-refractivity contribution >= 4 is 11.3 Å². The molecule has 1 saturated heterocycles. The molecule has 6 nitrogen and oxygen atoms in total. The summed E-state index contributed by atoms with van der Waals surface area (Å²) in [6.07, 6.45) is 9.46. The molecule has 7 heteroatoms. The van der Waals surface area contributed by atoms with E-state index in [1.807, 2.05) is 17.4 Å². The van der Waals surface area contributed by atoms with Crippen LogP contribution in [0, 0.1) is 0 Å². The Morgan fingerprint density at radius 1 is 0.862 bits per heavy atom. The third-order valence-electron chi connectivity index (χ3n) is 6.62. The van der Waals surface area contributed by atoms with E-state index in [9.17, 15) is 4.79 Å². The number of thiazole rings is 1. The molecular weight excluding hydrogens is 382 g/mol. The first-order valence-corrected chi connectivity index (χ1v) is 12.1. The van der Waals surface area contributed by atoms with Crippen LogP contribution in [0.4, 0.5) is 0 Å². The van der Waals surface area contributed by atoms with Crippen LogP contribution in [0.5, 0.6) is 0 Å². The Kier molecular flexibility index (Phi) is 5.79. The van der Waals surface area contributed by atoms with Gasteiger partial charge in [0.25, 0.3) is 5.56 Å². The van der Waals surface area contributed by atoms with Gasteiger partial charge in [0, 0.05) is 43.7 Å². The molecule has 0 amide bonds. The molecule has 0 unspecified atom stereocenters. The molecule has 2 aromatic rings.